The van der Waals surface area contributed by atoms with Gasteiger partial charge in [-0.25, -0.2) is 0 Å². The Bertz CT molecular complexity index is 391. The molecule has 1 saturated heterocycles. The highest BCUT2D eigenvalue weighted by atomic mass is 35.5. The van der Waals surface area contributed by atoms with Gasteiger partial charge in [-0.2, -0.15) is 0 Å². The molecule has 2 rings (SSSR count). The van der Waals surface area contributed by atoms with Gasteiger partial charge in [0.05, 0.1) is 0 Å². The molecule has 104 valence electrons. The Labute approximate surface area is 121 Å². The molecule has 2 nitrogen and oxygen atoms in total. The van der Waals surface area contributed by atoms with Crippen molar-refractivity contribution in [2.24, 2.45) is 0 Å². The molecule has 1 aromatic rings. The summed E-state index contributed by atoms with van der Waals surface area (Å²) < 4.78 is 0. The number of nitrogens with zero attached hydrogens (tertiary/aromatic N) is 1. The van der Waals surface area contributed by atoms with Gasteiger partial charge in [-0.3, -0.25) is 4.90 Å². The summed E-state index contributed by atoms with van der Waals surface area (Å²) in [4.78, 5) is 2.52. The second-order valence-electron chi connectivity index (χ2n) is 5.14. The van der Waals surface area contributed by atoms with Gasteiger partial charge in [-0.15, -0.1) is 0 Å². The summed E-state index contributed by atoms with van der Waals surface area (Å²) in [5.41, 5.74) is 3.01. The molecular weight excluding hydrogens is 256 g/mol. The highest BCUT2D eigenvalue weighted by Crippen LogP contribution is 2.24. The van der Waals surface area contributed by atoms with E-state index < -0.39 is 0 Å². The first-order valence-corrected chi connectivity index (χ1v) is 7.56. The predicted octanol–water partition coefficient (Wildman–Crippen LogP) is 3.55. The van der Waals surface area contributed by atoms with E-state index in [0.29, 0.717) is 12.1 Å². The molecule has 0 saturated carbocycles. The normalized spacial score (nSPS) is 24.9. The SMILES string of the molecule is CCCC1CN(C/C=C/Cl)C(c2ccccc2)CN1. The minimum absolute atomic E-state index is 0.446. The van der Waals surface area contributed by atoms with Gasteiger partial charge in [-0.1, -0.05) is 61.4 Å². The summed E-state index contributed by atoms with van der Waals surface area (Å²) in [7, 11) is 0. The quantitative estimate of drug-likeness (QED) is 0.886. The Morgan fingerprint density at radius 1 is 1.37 bits per heavy atom. The van der Waals surface area contributed by atoms with E-state index in [0.717, 1.165) is 19.6 Å². The first-order chi connectivity index (χ1) is 9.35. The van der Waals surface area contributed by atoms with Gasteiger partial charge in [0.2, 0.25) is 0 Å². The van der Waals surface area contributed by atoms with Crippen molar-refractivity contribution in [2.75, 3.05) is 19.6 Å². The number of halogens is 1. The highest BCUT2D eigenvalue weighted by molar-refractivity contribution is 6.25. The molecule has 19 heavy (non-hydrogen) atoms. The van der Waals surface area contributed by atoms with Crippen LogP contribution in [-0.4, -0.2) is 30.6 Å². The van der Waals surface area contributed by atoms with Crippen molar-refractivity contribution in [3.8, 4) is 0 Å². The molecule has 2 atom stereocenters. The summed E-state index contributed by atoms with van der Waals surface area (Å²) in [6.45, 7) is 5.28. The molecule has 3 heteroatoms. The second kappa shape index (κ2) is 7.68. The number of benzene rings is 1. The molecule has 0 spiro atoms. The predicted molar refractivity (Wildman–Crippen MR) is 82.4 cm³/mol. The topological polar surface area (TPSA) is 15.3 Å². The Morgan fingerprint density at radius 3 is 2.84 bits per heavy atom. The first-order valence-electron chi connectivity index (χ1n) is 7.12. The minimum Gasteiger partial charge on any atom is -0.311 e. The molecule has 0 aromatic heterocycles. The monoisotopic (exact) mass is 278 g/mol. The van der Waals surface area contributed by atoms with E-state index in [1.165, 1.54) is 18.4 Å². The van der Waals surface area contributed by atoms with Gasteiger partial charge in [0.1, 0.15) is 0 Å². The van der Waals surface area contributed by atoms with E-state index in [1.807, 2.05) is 6.08 Å². The zero-order valence-corrected chi connectivity index (χ0v) is 12.3. The van der Waals surface area contributed by atoms with Gasteiger partial charge in [-0.05, 0) is 12.0 Å². The summed E-state index contributed by atoms with van der Waals surface area (Å²) >= 11 is 5.69. The maximum atomic E-state index is 5.69. The van der Waals surface area contributed by atoms with Crippen LogP contribution in [0.2, 0.25) is 0 Å². The van der Waals surface area contributed by atoms with Crippen molar-refractivity contribution in [1.82, 2.24) is 10.2 Å². The molecule has 1 aromatic carbocycles. The van der Waals surface area contributed by atoms with Crippen molar-refractivity contribution in [3.05, 3.63) is 47.5 Å². The van der Waals surface area contributed by atoms with E-state index in [2.05, 4.69) is 47.5 Å². The Balaban J connectivity index is 2.08. The van der Waals surface area contributed by atoms with Crippen LogP contribution < -0.4 is 5.32 Å². The zero-order valence-electron chi connectivity index (χ0n) is 11.6. The smallest absolute Gasteiger partial charge is 0.0476 e. The second-order valence-corrected chi connectivity index (χ2v) is 5.39. The summed E-state index contributed by atoms with van der Waals surface area (Å²) in [5, 5.41) is 3.68. The molecule has 1 aliphatic rings. The van der Waals surface area contributed by atoms with Crippen LogP contribution >= 0.6 is 11.6 Å². The molecule has 1 fully saturated rings. The van der Waals surface area contributed by atoms with Gasteiger partial charge in [0, 0.05) is 37.3 Å². The number of hydrogen-bond acceptors (Lipinski definition) is 2. The van der Waals surface area contributed by atoms with Crippen LogP contribution in [0.3, 0.4) is 0 Å². The highest BCUT2D eigenvalue weighted by Gasteiger charge is 2.27. The molecular formula is C16H23ClN2. The van der Waals surface area contributed by atoms with Crippen LogP contribution in [0.4, 0.5) is 0 Å². The van der Waals surface area contributed by atoms with Gasteiger partial charge >= 0.3 is 0 Å². The van der Waals surface area contributed by atoms with E-state index in [9.17, 15) is 0 Å². The molecule has 1 aliphatic heterocycles. The molecule has 0 radical (unpaired) electrons. The van der Waals surface area contributed by atoms with Crippen LogP contribution in [0.1, 0.15) is 31.4 Å². The largest absolute Gasteiger partial charge is 0.311 e. The summed E-state index contributed by atoms with van der Waals surface area (Å²) in [6.07, 6.45) is 4.50. The fourth-order valence-electron chi connectivity index (χ4n) is 2.80. The molecule has 1 heterocycles. The molecule has 1 N–H and O–H groups in total. The Kier molecular flexibility index (Phi) is 5.90. The molecule has 0 aliphatic carbocycles. The summed E-state index contributed by atoms with van der Waals surface area (Å²) in [5.74, 6) is 0. The molecule has 2 unspecified atom stereocenters. The number of hydrogen-bond donors (Lipinski definition) is 1. The van der Waals surface area contributed by atoms with Crippen molar-refractivity contribution in [2.45, 2.75) is 31.8 Å². The third-order valence-electron chi connectivity index (χ3n) is 3.75. The van der Waals surface area contributed by atoms with Gasteiger partial charge < -0.3 is 5.32 Å². The maximum absolute atomic E-state index is 5.69. The van der Waals surface area contributed by atoms with Crippen molar-refractivity contribution >= 4 is 11.6 Å². The van der Waals surface area contributed by atoms with Crippen LogP contribution in [0.5, 0.6) is 0 Å². The molecule has 0 bridgehead atoms. The molecule has 0 amide bonds. The third kappa shape index (κ3) is 4.07. The lowest BCUT2D eigenvalue weighted by Gasteiger charge is -2.40. The van der Waals surface area contributed by atoms with E-state index in [-0.39, 0.29) is 0 Å². The lowest BCUT2D eigenvalue weighted by atomic mass is 9.99. The van der Waals surface area contributed by atoms with Crippen LogP contribution in [0.25, 0.3) is 0 Å². The first kappa shape index (κ1) is 14.6. The van der Waals surface area contributed by atoms with Crippen LogP contribution in [0.15, 0.2) is 41.9 Å². The lowest BCUT2D eigenvalue weighted by Crippen LogP contribution is -2.52. The fraction of sp³-hybridized carbons (Fsp3) is 0.500. The van der Waals surface area contributed by atoms with E-state index >= 15 is 0 Å². The number of piperazine rings is 1. The van der Waals surface area contributed by atoms with Crippen LogP contribution in [0, 0.1) is 0 Å². The maximum Gasteiger partial charge on any atom is 0.0476 e. The van der Waals surface area contributed by atoms with E-state index in [1.54, 1.807) is 5.54 Å². The Hall–Kier alpha value is -0.830. The summed E-state index contributed by atoms with van der Waals surface area (Å²) in [6, 6.07) is 11.8. The third-order valence-corrected chi connectivity index (χ3v) is 3.92. The average molecular weight is 279 g/mol. The van der Waals surface area contributed by atoms with Crippen LogP contribution in [-0.2, 0) is 0 Å². The minimum atomic E-state index is 0.446. The van der Waals surface area contributed by atoms with Crippen molar-refractivity contribution < 1.29 is 0 Å². The standard InChI is InChI=1S/C16H23ClN2/c1-2-7-15-13-19(11-6-10-17)16(12-18-15)14-8-4-3-5-9-14/h3-6,8-10,15-16,18H,2,7,11-13H2,1H3/b10-6+. The van der Waals surface area contributed by atoms with Crippen molar-refractivity contribution in [3.63, 3.8) is 0 Å². The average Bonchev–Trinajstić information content (AvgIpc) is 2.46. The lowest BCUT2D eigenvalue weighted by molar-refractivity contribution is 0.141. The number of nitrogens with one attached hydrogen (secondary N) is 1. The van der Waals surface area contributed by atoms with Crippen molar-refractivity contribution in [1.29, 1.82) is 0 Å². The number of rotatable bonds is 5. The van der Waals surface area contributed by atoms with Gasteiger partial charge in [0.15, 0.2) is 0 Å². The van der Waals surface area contributed by atoms with Gasteiger partial charge in [0.25, 0.3) is 0 Å². The van der Waals surface area contributed by atoms with E-state index in [4.69, 9.17) is 11.6 Å². The fourth-order valence-corrected chi connectivity index (χ4v) is 2.88. The zero-order chi connectivity index (χ0) is 13.5. The Morgan fingerprint density at radius 2 is 2.16 bits per heavy atom.